The van der Waals surface area contributed by atoms with Gasteiger partial charge >= 0.3 is 0 Å². The summed E-state index contributed by atoms with van der Waals surface area (Å²) in [4.78, 5) is 0. The molecule has 0 aliphatic carbocycles. The van der Waals surface area contributed by atoms with Gasteiger partial charge in [0.05, 0.1) is 17.5 Å². The molecular weight excluding hydrogens is 346 g/mol. The maximum Gasteiger partial charge on any atom is 0.250 e. The minimum Gasteiger partial charge on any atom is -0.497 e. The highest BCUT2D eigenvalue weighted by Gasteiger charge is 2.26. The first-order valence-corrected chi connectivity index (χ1v) is 9.23. The number of sulfonamides is 1. The fourth-order valence-electron chi connectivity index (χ4n) is 2.29. The summed E-state index contributed by atoms with van der Waals surface area (Å²) >= 11 is 6.83. The zero-order valence-electron chi connectivity index (χ0n) is 11.7. The van der Waals surface area contributed by atoms with E-state index in [1.165, 1.54) is 6.07 Å². The standard InChI is InChI=1S/C14H14ClNO4S2/c1-19-11-2-3-12-9(7-11)6-10(8-20-12)16-22(17,18)14-5-4-13(15)21-14/h2-5,7,10,16H,6,8H2,1H3. The van der Waals surface area contributed by atoms with Gasteiger partial charge in [0.2, 0.25) is 10.0 Å². The van der Waals surface area contributed by atoms with Crippen molar-refractivity contribution in [1.82, 2.24) is 4.72 Å². The van der Waals surface area contributed by atoms with Crippen LogP contribution >= 0.6 is 22.9 Å². The molecule has 2 aromatic rings. The van der Waals surface area contributed by atoms with Crippen molar-refractivity contribution in [3.8, 4) is 11.5 Å². The van der Waals surface area contributed by atoms with E-state index < -0.39 is 10.0 Å². The lowest BCUT2D eigenvalue weighted by Gasteiger charge is -2.26. The number of rotatable bonds is 4. The molecule has 118 valence electrons. The summed E-state index contributed by atoms with van der Waals surface area (Å²) in [5.41, 5.74) is 0.919. The summed E-state index contributed by atoms with van der Waals surface area (Å²) in [5.74, 6) is 1.48. The van der Waals surface area contributed by atoms with Crippen LogP contribution in [0.15, 0.2) is 34.5 Å². The number of nitrogens with one attached hydrogen (secondary N) is 1. The van der Waals surface area contributed by atoms with Gasteiger partial charge in [0, 0.05) is 0 Å². The van der Waals surface area contributed by atoms with Gasteiger partial charge in [-0.1, -0.05) is 11.6 Å². The highest BCUT2D eigenvalue weighted by Crippen LogP contribution is 2.30. The molecule has 1 aromatic heterocycles. The number of hydrogen-bond acceptors (Lipinski definition) is 5. The summed E-state index contributed by atoms with van der Waals surface area (Å²) < 4.78 is 38.7. The van der Waals surface area contributed by atoms with Crippen LogP contribution in [0.5, 0.6) is 11.5 Å². The van der Waals surface area contributed by atoms with Gasteiger partial charge in [0.25, 0.3) is 0 Å². The molecule has 0 saturated carbocycles. The van der Waals surface area contributed by atoms with E-state index >= 15 is 0 Å². The zero-order valence-corrected chi connectivity index (χ0v) is 14.1. The number of hydrogen-bond donors (Lipinski definition) is 1. The number of halogens is 1. The van der Waals surface area contributed by atoms with E-state index in [2.05, 4.69) is 4.72 Å². The third-order valence-electron chi connectivity index (χ3n) is 3.31. The fourth-order valence-corrected chi connectivity index (χ4v) is 5.01. The molecule has 0 radical (unpaired) electrons. The second-order valence-corrected chi connectivity index (χ2v) is 8.52. The Morgan fingerprint density at radius 2 is 2.18 bits per heavy atom. The van der Waals surface area contributed by atoms with Crippen LogP contribution in [0.4, 0.5) is 0 Å². The Morgan fingerprint density at radius 1 is 1.36 bits per heavy atom. The van der Waals surface area contributed by atoms with Gasteiger partial charge in [-0.25, -0.2) is 13.1 Å². The third-order valence-corrected chi connectivity index (χ3v) is 6.55. The van der Waals surface area contributed by atoms with Crippen LogP contribution in [0.2, 0.25) is 4.34 Å². The van der Waals surface area contributed by atoms with Gasteiger partial charge in [0.1, 0.15) is 22.3 Å². The number of benzene rings is 1. The van der Waals surface area contributed by atoms with Gasteiger partial charge in [-0.05, 0) is 42.3 Å². The Balaban J connectivity index is 1.77. The summed E-state index contributed by atoms with van der Waals surface area (Å²) in [6.07, 6.45) is 0.546. The average molecular weight is 360 g/mol. The zero-order chi connectivity index (χ0) is 15.7. The molecule has 8 heteroatoms. The van der Waals surface area contributed by atoms with Gasteiger partial charge in [-0.2, -0.15) is 0 Å². The van der Waals surface area contributed by atoms with Crippen molar-refractivity contribution in [2.45, 2.75) is 16.7 Å². The van der Waals surface area contributed by atoms with Crippen molar-refractivity contribution in [3.63, 3.8) is 0 Å². The van der Waals surface area contributed by atoms with Crippen LogP contribution in [0.1, 0.15) is 5.56 Å². The molecule has 0 amide bonds. The lowest BCUT2D eigenvalue weighted by Crippen LogP contribution is -2.42. The van der Waals surface area contributed by atoms with Crippen LogP contribution in [0, 0.1) is 0 Å². The minimum atomic E-state index is -3.58. The SMILES string of the molecule is COc1ccc2c(c1)CC(NS(=O)(=O)c1ccc(Cl)s1)CO2. The van der Waals surface area contributed by atoms with Crippen molar-refractivity contribution in [2.24, 2.45) is 0 Å². The Kier molecular flexibility index (Phi) is 4.31. The maximum absolute atomic E-state index is 12.3. The van der Waals surface area contributed by atoms with Crippen LogP contribution in [-0.4, -0.2) is 28.2 Å². The second kappa shape index (κ2) is 6.08. The molecule has 1 aliphatic heterocycles. The minimum absolute atomic E-state index is 0.203. The molecule has 22 heavy (non-hydrogen) atoms. The van der Waals surface area contributed by atoms with Crippen LogP contribution in [0.3, 0.4) is 0 Å². The monoisotopic (exact) mass is 359 g/mol. The molecule has 1 aliphatic rings. The lowest BCUT2D eigenvalue weighted by molar-refractivity contribution is 0.253. The molecule has 1 aromatic carbocycles. The normalized spacial score (nSPS) is 17.6. The quantitative estimate of drug-likeness (QED) is 0.911. The van der Waals surface area contributed by atoms with E-state index in [0.717, 1.165) is 28.4 Å². The average Bonchev–Trinajstić information content (AvgIpc) is 2.93. The summed E-state index contributed by atoms with van der Waals surface area (Å²) in [6, 6.07) is 8.24. The highest BCUT2D eigenvalue weighted by atomic mass is 35.5. The number of fused-ring (bicyclic) bond motifs is 1. The van der Waals surface area contributed by atoms with Crippen LogP contribution in [-0.2, 0) is 16.4 Å². The van der Waals surface area contributed by atoms with Gasteiger partial charge in [-0.3, -0.25) is 0 Å². The van der Waals surface area contributed by atoms with Crippen molar-refractivity contribution in [1.29, 1.82) is 0 Å². The molecule has 2 heterocycles. The first-order chi connectivity index (χ1) is 10.5. The van der Waals surface area contributed by atoms with Crippen molar-refractivity contribution in [3.05, 3.63) is 40.2 Å². The second-order valence-electron chi connectivity index (χ2n) is 4.87. The summed E-state index contributed by atoms with van der Waals surface area (Å²) in [7, 11) is -2.00. The molecule has 0 spiro atoms. The van der Waals surface area contributed by atoms with Crippen LogP contribution in [0.25, 0.3) is 0 Å². The predicted octanol–water partition coefficient (Wildman–Crippen LogP) is 2.69. The molecule has 0 saturated heterocycles. The Labute approximate surface area is 137 Å². The molecule has 1 unspecified atom stereocenters. The van der Waals surface area contributed by atoms with E-state index in [-0.39, 0.29) is 16.9 Å². The first-order valence-electron chi connectivity index (χ1n) is 6.55. The van der Waals surface area contributed by atoms with Gasteiger partial charge in [-0.15, -0.1) is 11.3 Å². The number of thiophene rings is 1. The summed E-state index contributed by atoms with van der Waals surface area (Å²) in [5, 5.41) is 0. The van der Waals surface area contributed by atoms with Gasteiger partial charge < -0.3 is 9.47 Å². The van der Waals surface area contributed by atoms with E-state index in [4.69, 9.17) is 21.1 Å². The molecule has 0 bridgehead atoms. The summed E-state index contributed by atoms with van der Waals surface area (Å²) in [6.45, 7) is 0.289. The molecular formula is C14H14ClNO4S2. The smallest absolute Gasteiger partial charge is 0.250 e. The third kappa shape index (κ3) is 3.22. The van der Waals surface area contributed by atoms with E-state index in [0.29, 0.717) is 10.8 Å². The van der Waals surface area contributed by atoms with Crippen LogP contribution < -0.4 is 14.2 Å². The maximum atomic E-state index is 12.3. The van der Waals surface area contributed by atoms with E-state index in [1.807, 2.05) is 18.2 Å². The topological polar surface area (TPSA) is 64.6 Å². The number of methoxy groups -OCH3 is 1. The fraction of sp³-hybridized carbons (Fsp3) is 0.286. The molecule has 1 N–H and O–H groups in total. The van der Waals surface area contributed by atoms with Crippen molar-refractivity contribution >= 4 is 33.0 Å². The van der Waals surface area contributed by atoms with Crippen molar-refractivity contribution < 1.29 is 17.9 Å². The predicted molar refractivity (Wildman–Crippen MR) is 85.6 cm³/mol. The Morgan fingerprint density at radius 3 is 2.86 bits per heavy atom. The Hall–Kier alpha value is -1.28. The lowest BCUT2D eigenvalue weighted by atomic mass is 10.0. The number of ether oxygens (including phenoxy) is 2. The largest absolute Gasteiger partial charge is 0.497 e. The highest BCUT2D eigenvalue weighted by molar-refractivity contribution is 7.91. The van der Waals surface area contributed by atoms with Crippen molar-refractivity contribution in [2.75, 3.05) is 13.7 Å². The first kappa shape index (κ1) is 15.6. The van der Waals surface area contributed by atoms with Gasteiger partial charge in [0.15, 0.2) is 0 Å². The molecule has 5 nitrogen and oxygen atoms in total. The Bertz CT molecular complexity index is 788. The van der Waals surface area contributed by atoms with E-state index in [1.54, 1.807) is 13.2 Å². The molecule has 0 fully saturated rings. The molecule has 1 atom stereocenters. The molecule has 3 rings (SSSR count). The van der Waals surface area contributed by atoms with E-state index in [9.17, 15) is 8.42 Å².